The normalized spacial score (nSPS) is 20.9. The lowest BCUT2D eigenvalue weighted by Crippen LogP contribution is -2.39. The van der Waals surface area contributed by atoms with E-state index in [0.717, 1.165) is 49.9 Å². The van der Waals surface area contributed by atoms with Crippen molar-refractivity contribution in [2.24, 2.45) is 5.92 Å². The van der Waals surface area contributed by atoms with Gasteiger partial charge in [-0.05, 0) is 33.2 Å². The molecule has 0 radical (unpaired) electrons. The summed E-state index contributed by atoms with van der Waals surface area (Å²) < 4.78 is 63.5. The standard InChI is InChI=1S/C16H23N5O.2C2HF3O2/c1-10-14-13(9-21(10)16(22)12-4-5-17-8-12)18-11(2)19-15(14)20-6-3-7-20;2*3-2(4,5)1(6)7/h10,12,17H,3-9H2,1-2H3;2*(H,6,7)/t10-,12-;;/m1../s1. The van der Waals surface area contributed by atoms with Crippen LogP contribution in [0.5, 0.6) is 0 Å². The third-order valence-electron chi connectivity index (χ3n) is 5.65. The summed E-state index contributed by atoms with van der Waals surface area (Å²) >= 11 is 0. The Morgan fingerprint density at radius 1 is 1.00 bits per heavy atom. The average Bonchev–Trinajstić information content (AvgIpc) is 3.34. The van der Waals surface area contributed by atoms with Gasteiger partial charge in [-0.15, -0.1) is 0 Å². The van der Waals surface area contributed by atoms with Gasteiger partial charge in [0.15, 0.2) is 0 Å². The molecule has 2 saturated heterocycles. The lowest BCUT2D eigenvalue weighted by atomic mass is 10.1. The first kappa shape index (κ1) is 29.1. The number of anilines is 1. The van der Waals surface area contributed by atoms with Crippen molar-refractivity contribution in [3.05, 3.63) is 17.1 Å². The first-order valence-electron chi connectivity index (χ1n) is 10.8. The second-order valence-electron chi connectivity index (χ2n) is 8.23. The molecule has 1 amide bonds. The molecule has 0 spiro atoms. The van der Waals surface area contributed by atoms with Crippen LogP contribution in [-0.4, -0.2) is 81.5 Å². The molecule has 4 rings (SSSR count). The van der Waals surface area contributed by atoms with Crippen molar-refractivity contribution in [2.75, 3.05) is 31.1 Å². The van der Waals surface area contributed by atoms with E-state index >= 15 is 0 Å². The summed E-state index contributed by atoms with van der Waals surface area (Å²) in [5, 5.41) is 17.5. The maximum absolute atomic E-state index is 12.8. The van der Waals surface area contributed by atoms with Gasteiger partial charge in [0.1, 0.15) is 11.6 Å². The molecule has 1 aromatic rings. The maximum atomic E-state index is 12.8. The number of carbonyl (C=O) groups is 3. The van der Waals surface area contributed by atoms with Gasteiger partial charge < -0.3 is 25.3 Å². The maximum Gasteiger partial charge on any atom is 0.490 e. The number of alkyl halides is 6. The number of carboxylic acid groups (broad SMARTS) is 2. The Morgan fingerprint density at radius 2 is 1.53 bits per heavy atom. The number of carboxylic acids is 2. The Morgan fingerprint density at radius 3 is 1.92 bits per heavy atom. The zero-order chi connectivity index (χ0) is 27.4. The number of halogens is 6. The van der Waals surface area contributed by atoms with Gasteiger partial charge in [-0.2, -0.15) is 26.3 Å². The molecule has 2 atom stereocenters. The predicted molar refractivity (Wildman–Crippen MR) is 111 cm³/mol. The zero-order valence-electron chi connectivity index (χ0n) is 19.3. The van der Waals surface area contributed by atoms with Gasteiger partial charge >= 0.3 is 24.3 Å². The number of fused-ring (bicyclic) bond motifs is 1. The molecule has 0 bridgehead atoms. The Kier molecular flexibility index (Phi) is 9.09. The lowest BCUT2D eigenvalue weighted by Gasteiger charge is -2.34. The second-order valence-corrected chi connectivity index (χ2v) is 8.23. The number of carbonyl (C=O) groups excluding carboxylic acids is 1. The van der Waals surface area contributed by atoms with Crippen LogP contribution in [0, 0.1) is 12.8 Å². The van der Waals surface area contributed by atoms with E-state index in [0.29, 0.717) is 6.54 Å². The Labute approximate surface area is 201 Å². The Bertz CT molecular complexity index is 953. The first-order chi connectivity index (χ1) is 16.5. The largest absolute Gasteiger partial charge is 0.490 e. The number of aliphatic carboxylic acids is 2. The quantitative estimate of drug-likeness (QED) is 0.493. The van der Waals surface area contributed by atoms with E-state index in [9.17, 15) is 31.1 Å². The summed E-state index contributed by atoms with van der Waals surface area (Å²) in [5.41, 5.74) is 2.21. The van der Waals surface area contributed by atoms with E-state index in [1.54, 1.807) is 0 Å². The van der Waals surface area contributed by atoms with Crippen LogP contribution in [0.15, 0.2) is 0 Å². The molecule has 10 nitrogen and oxygen atoms in total. The van der Waals surface area contributed by atoms with Crippen LogP contribution in [0.3, 0.4) is 0 Å². The van der Waals surface area contributed by atoms with Crippen LogP contribution < -0.4 is 10.2 Å². The molecule has 3 aliphatic rings. The van der Waals surface area contributed by atoms with E-state index < -0.39 is 24.3 Å². The van der Waals surface area contributed by atoms with Crippen molar-refractivity contribution < 1.29 is 50.9 Å². The zero-order valence-corrected chi connectivity index (χ0v) is 19.3. The molecule has 0 aliphatic carbocycles. The fourth-order valence-corrected chi connectivity index (χ4v) is 3.76. The summed E-state index contributed by atoms with van der Waals surface area (Å²) in [5.74, 6) is -3.26. The third kappa shape index (κ3) is 7.18. The van der Waals surface area contributed by atoms with Crippen LogP contribution in [0.4, 0.5) is 32.2 Å². The number of rotatable bonds is 2. The fourth-order valence-electron chi connectivity index (χ4n) is 3.76. The summed E-state index contributed by atoms with van der Waals surface area (Å²) in [6, 6.07) is 0.0827. The molecule has 0 saturated carbocycles. The molecule has 202 valence electrons. The molecule has 0 unspecified atom stereocenters. The number of aryl methyl sites for hydroxylation is 1. The minimum absolute atomic E-state index is 0.0827. The molecule has 3 N–H and O–H groups in total. The number of hydrogen-bond acceptors (Lipinski definition) is 7. The lowest BCUT2D eigenvalue weighted by molar-refractivity contribution is -0.193. The second kappa shape index (κ2) is 11.3. The molecular formula is C20H25F6N5O5. The van der Waals surface area contributed by atoms with Crippen LogP contribution in [-0.2, 0) is 20.9 Å². The summed E-state index contributed by atoms with van der Waals surface area (Å²) in [7, 11) is 0. The van der Waals surface area contributed by atoms with Crippen molar-refractivity contribution >= 4 is 23.7 Å². The number of aromatic nitrogens is 2. The van der Waals surface area contributed by atoms with Crippen LogP contribution in [0.2, 0.25) is 0 Å². The molecule has 0 aromatic carbocycles. The predicted octanol–water partition coefficient (Wildman–Crippen LogP) is 2.27. The van der Waals surface area contributed by atoms with Crippen LogP contribution in [0.25, 0.3) is 0 Å². The van der Waals surface area contributed by atoms with Gasteiger partial charge in [-0.1, -0.05) is 0 Å². The van der Waals surface area contributed by atoms with Crippen LogP contribution >= 0.6 is 0 Å². The monoisotopic (exact) mass is 529 g/mol. The van der Waals surface area contributed by atoms with Gasteiger partial charge in [-0.25, -0.2) is 19.6 Å². The fraction of sp³-hybridized carbons (Fsp3) is 0.650. The summed E-state index contributed by atoms with van der Waals surface area (Å²) in [6.07, 6.45) is -8.00. The van der Waals surface area contributed by atoms with Gasteiger partial charge in [0.2, 0.25) is 5.91 Å². The van der Waals surface area contributed by atoms with Gasteiger partial charge in [-0.3, -0.25) is 4.79 Å². The highest BCUT2D eigenvalue weighted by Gasteiger charge is 2.40. The molecule has 4 heterocycles. The molecule has 36 heavy (non-hydrogen) atoms. The summed E-state index contributed by atoms with van der Waals surface area (Å²) in [6.45, 7) is 8.58. The molecular weight excluding hydrogens is 504 g/mol. The van der Waals surface area contributed by atoms with Crippen molar-refractivity contribution in [2.45, 2.75) is 51.6 Å². The number of nitrogens with one attached hydrogen (secondary N) is 1. The van der Waals surface area contributed by atoms with E-state index in [2.05, 4.69) is 27.1 Å². The van der Waals surface area contributed by atoms with E-state index in [4.69, 9.17) is 19.8 Å². The van der Waals surface area contributed by atoms with Crippen molar-refractivity contribution in [1.82, 2.24) is 20.2 Å². The van der Waals surface area contributed by atoms with Crippen molar-refractivity contribution in [1.29, 1.82) is 0 Å². The highest BCUT2D eigenvalue weighted by molar-refractivity contribution is 5.81. The highest BCUT2D eigenvalue weighted by Crippen LogP contribution is 2.40. The van der Waals surface area contributed by atoms with E-state index in [1.165, 1.54) is 12.0 Å². The number of nitrogens with zero attached hydrogens (tertiary/aromatic N) is 4. The minimum Gasteiger partial charge on any atom is -0.475 e. The number of hydrogen-bond donors (Lipinski definition) is 3. The van der Waals surface area contributed by atoms with Crippen LogP contribution in [0.1, 0.15) is 42.9 Å². The topological polar surface area (TPSA) is 136 Å². The minimum atomic E-state index is -5.08. The van der Waals surface area contributed by atoms with E-state index in [1.807, 2.05) is 11.8 Å². The molecule has 16 heteroatoms. The van der Waals surface area contributed by atoms with Gasteiger partial charge in [0, 0.05) is 25.2 Å². The van der Waals surface area contributed by atoms with Gasteiger partial charge in [0.05, 0.1) is 24.2 Å². The van der Waals surface area contributed by atoms with Crippen molar-refractivity contribution in [3.8, 4) is 0 Å². The SMILES string of the molecule is Cc1nc2c(c(N3CCC3)n1)[C@@H](C)N(C(=O)[C@@H]1CCNC1)C2.O=C(O)C(F)(F)F.O=C(O)C(F)(F)F. The highest BCUT2D eigenvalue weighted by atomic mass is 19.4. The summed E-state index contributed by atoms with van der Waals surface area (Å²) in [4.78, 5) is 44.2. The van der Waals surface area contributed by atoms with E-state index in [-0.39, 0.29) is 17.9 Å². The molecule has 3 aliphatic heterocycles. The molecule has 1 aromatic heterocycles. The van der Waals surface area contributed by atoms with Crippen molar-refractivity contribution in [3.63, 3.8) is 0 Å². The van der Waals surface area contributed by atoms with Gasteiger partial charge in [0.25, 0.3) is 0 Å². The smallest absolute Gasteiger partial charge is 0.475 e. The Hall–Kier alpha value is -3.17. The molecule has 2 fully saturated rings. The third-order valence-corrected chi connectivity index (χ3v) is 5.65. The first-order valence-corrected chi connectivity index (χ1v) is 10.8. The number of amides is 1. The average molecular weight is 529 g/mol. The Balaban J connectivity index is 0.000000271.